The van der Waals surface area contributed by atoms with Crippen molar-refractivity contribution in [3.8, 4) is 0 Å². The predicted molar refractivity (Wildman–Crippen MR) is 110 cm³/mol. The van der Waals surface area contributed by atoms with Gasteiger partial charge in [0, 0.05) is 31.2 Å². The normalized spacial score (nSPS) is 16.3. The van der Waals surface area contributed by atoms with Gasteiger partial charge in [0.25, 0.3) is 0 Å². The molecule has 4 N–H and O–H groups in total. The number of nitrogens with one attached hydrogen (secondary N) is 2. The molecule has 0 unspecified atom stereocenters. The Balaban J connectivity index is 1.80. The van der Waals surface area contributed by atoms with Gasteiger partial charge in [0.15, 0.2) is 0 Å². The molecule has 1 atom stereocenters. The number of nitrogens with zero attached hydrogens (tertiary/aromatic N) is 1. The van der Waals surface area contributed by atoms with Crippen LogP contribution in [-0.4, -0.2) is 42.5 Å². The maximum atomic E-state index is 13.6. The number of amides is 3. The number of benzene rings is 1. The molecule has 174 valence electrons. The molecule has 0 aromatic heterocycles. The molecule has 3 amide bonds. The van der Waals surface area contributed by atoms with Crippen molar-refractivity contribution < 1.29 is 27.2 Å². The molecule has 10 heteroatoms. The molecule has 6 nitrogen and oxygen atoms in total. The second-order valence-corrected chi connectivity index (χ2v) is 8.38. The van der Waals surface area contributed by atoms with Crippen molar-refractivity contribution in [1.29, 1.82) is 0 Å². The number of hydrogen-bond donors (Lipinski definition) is 3. The molecular weight excluding hydrogens is 416 g/mol. The fraction of sp³-hybridized carbons (Fsp3) is 0.619. The average molecular weight is 446 g/mol. The maximum absolute atomic E-state index is 13.6. The van der Waals surface area contributed by atoms with Crippen LogP contribution in [0, 0.1) is 17.7 Å². The zero-order chi connectivity index (χ0) is 23.2. The molecular formula is C21H30F4N4O2. The van der Waals surface area contributed by atoms with Gasteiger partial charge in [-0.05, 0) is 55.8 Å². The number of nitrogens with two attached hydrogens (primary N) is 1. The van der Waals surface area contributed by atoms with Crippen LogP contribution in [-0.2, 0) is 11.0 Å². The van der Waals surface area contributed by atoms with Gasteiger partial charge in [-0.1, -0.05) is 13.8 Å². The minimum atomic E-state index is -4.80. The Labute approximate surface area is 179 Å². The molecule has 0 aliphatic carbocycles. The Hall–Kier alpha value is -2.36. The van der Waals surface area contributed by atoms with Gasteiger partial charge < -0.3 is 21.3 Å². The first-order valence-electron chi connectivity index (χ1n) is 10.4. The lowest BCUT2D eigenvalue weighted by molar-refractivity contribution is -0.140. The average Bonchev–Trinajstić information content (AvgIpc) is 2.66. The topological polar surface area (TPSA) is 87.5 Å². The molecule has 0 bridgehead atoms. The highest BCUT2D eigenvalue weighted by Gasteiger charge is 2.34. The summed E-state index contributed by atoms with van der Waals surface area (Å²) in [7, 11) is 0. The lowest BCUT2D eigenvalue weighted by Crippen LogP contribution is -2.48. The molecule has 31 heavy (non-hydrogen) atoms. The highest BCUT2D eigenvalue weighted by atomic mass is 19.4. The molecule has 2 rings (SSSR count). The third-order valence-electron chi connectivity index (χ3n) is 5.32. The number of anilines is 1. The van der Waals surface area contributed by atoms with Crippen molar-refractivity contribution in [2.45, 2.75) is 51.7 Å². The van der Waals surface area contributed by atoms with E-state index in [0.29, 0.717) is 56.9 Å². The number of halogens is 4. The second-order valence-electron chi connectivity index (χ2n) is 8.38. The van der Waals surface area contributed by atoms with Crippen molar-refractivity contribution in [3.05, 3.63) is 29.6 Å². The SMILES string of the molecule is CC(C)C[C@H](CN)CC(=O)N1CCC(NC(=O)Nc2ccc(C(F)(F)F)c(F)c2)CC1. The van der Waals surface area contributed by atoms with E-state index < -0.39 is 23.6 Å². The number of carbonyl (C=O) groups excluding carboxylic acids is 2. The summed E-state index contributed by atoms with van der Waals surface area (Å²) in [4.78, 5) is 26.4. The molecule has 1 aromatic carbocycles. The first kappa shape index (κ1) is 24.9. The van der Waals surface area contributed by atoms with Crippen LogP contribution in [0.5, 0.6) is 0 Å². The standard InChI is InChI=1S/C21H30F4N4O2/c1-13(2)9-14(12-26)10-19(30)29-7-5-15(6-8-29)27-20(31)28-16-3-4-17(18(22)11-16)21(23,24)25/h3-4,11,13-15H,5-10,12,26H2,1-2H3,(H2,27,28,31)/t14-/m0/s1. The lowest BCUT2D eigenvalue weighted by Gasteiger charge is -2.33. The van der Waals surface area contributed by atoms with Crippen LogP contribution in [0.15, 0.2) is 18.2 Å². The summed E-state index contributed by atoms with van der Waals surface area (Å²) >= 11 is 0. The molecule has 1 aliphatic heterocycles. The van der Waals surface area contributed by atoms with Crippen LogP contribution >= 0.6 is 0 Å². The van der Waals surface area contributed by atoms with Gasteiger partial charge in [-0.15, -0.1) is 0 Å². The van der Waals surface area contributed by atoms with E-state index in [-0.39, 0.29) is 23.6 Å². The van der Waals surface area contributed by atoms with E-state index in [9.17, 15) is 27.2 Å². The van der Waals surface area contributed by atoms with Gasteiger partial charge in [-0.25, -0.2) is 9.18 Å². The summed E-state index contributed by atoms with van der Waals surface area (Å²) in [6.45, 7) is 5.64. The first-order chi connectivity index (χ1) is 14.5. The minimum Gasteiger partial charge on any atom is -0.343 e. The Kier molecular flexibility index (Phi) is 8.67. The van der Waals surface area contributed by atoms with Gasteiger partial charge in [0.2, 0.25) is 5.91 Å². The van der Waals surface area contributed by atoms with Gasteiger partial charge in [-0.2, -0.15) is 13.2 Å². The molecule has 1 heterocycles. The van der Waals surface area contributed by atoms with Crippen molar-refractivity contribution in [3.63, 3.8) is 0 Å². The fourth-order valence-corrected chi connectivity index (χ4v) is 3.75. The highest BCUT2D eigenvalue weighted by Crippen LogP contribution is 2.32. The number of rotatable bonds is 7. The summed E-state index contributed by atoms with van der Waals surface area (Å²) in [5.74, 6) is -0.782. The monoisotopic (exact) mass is 446 g/mol. The number of likely N-dealkylation sites (tertiary alicyclic amines) is 1. The van der Waals surface area contributed by atoms with Crippen LogP contribution < -0.4 is 16.4 Å². The fourth-order valence-electron chi connectivity index (χ4n) is 3.75. The van der Waals surface area contributed by atoms with Gasteiger partial charge in [-0.3, -0.25) is 4.79 Å². The van der Waals surface area contributed by atoms with Crippen LogP contribution in [0.3, 0.4) is 0 Å². The molecule has 1 fully saturated rings. The molecule has 1 aliphatic rings. The molecule has 1 aromatic rings. The number of hydrogen-bond acceptors (Lipinski definition) is 3. The van der Waals surface area contributed by atoms with Crippen LogP contribution in [0.25, 0.3) is 0 Å². The van der Waals surface area contributed by atoms with Crippen LogP contribution in [0.2, 0.25) is 0 Å². The van der Waals surface area contributed by atoms with E-state index in [1.165, 1.54) is 0 Å². The van der Waals surface area contributed by atoms with E-state index in [4.69, 9.17) is 5.73 Å². The molecule has 0 radical (unpaired) electrons. The quantitative estimate of drug-likeness (QED) is 0.554. The highest BCUT2D eigenvalue weighted by molar-refractivity contribution is 5.89. The Morgan fingerprint density at radius 1 is 1.23 bits per heavy atom. The van der Waals surface area contributed by atoms with Gasteiger partial charge in [0.1, 0.15) is 5.82 Å². The summed E-state index contributed by atoms with van der Waals surface area (Å²) in [5.41, 5.74) is 4.31. The summed E-state index contributed by atoms with van der Waals surface area (Å²) in [5, 5.41) is 5.06. The molecule has 1 saturated heterocycles. The number of carbonyl (C=O) groups is 2. The first-order valence-corrected chi connectivity index (χ1v) is 10.4. The van der Waals surface area contributed by atoms with Crippen molar-refractivity contribution >= 4 is 17.6 Å². The van der Waals surface area contributed by atoms with E-state index >= 15 is 0 Å². The Morgan fingerprint density at radius 2 is 1.87 bits per heavy atom. The van der Waals surface area contributed by atoms with Gasteiger partial charge in [0.05, 0.1) is 5.56 Å². The Bertz CT molecular complexity index is 762. The molecule has 0 spiro atoms. The predicted octanol–water partition coefficient (Wildman–Crippen LogP) is 3.97. The number of piperidine rings is 1. The summed E-state index contributed by atoms with van der Waals surface area (Å²) < 4.78 is 51.5. The molecule has 0 saturated carbocycles. The van der Waals surface area contributed by atoms with E-state index in [1.807, 2.05) is 0 Å². The second kappa shape index (κ2) is 10.8. The van der Waals surface area contributed by atoms with E-state index in [1.54, 1.807) is 4.90 Å². The smallest absolute Gasteiger partial charge is 0.343 e. The van der Waals surface area contributed by atoms with E-state index in [2.05, 4.69) is 24.5 Å². The third kappa shape index (κ3) is 7.68. The maximum Gasteiger partial charge on any atom is 0.419 e. The largest absolute Gasteiger partial charge is 0.419 e. The van der Waals surface area contributed by atoms with E-state index in [0.717, 1.165) is 12.5 Å². The zero-order valence-corrected chi connectivity index (χ0v) is 17.8. The minimum absolute atomic E-state index is 0.0548. The summed E-state index contributed by atoms with van der Waals surface area (Å²) in [6.07, 6.45) is -2.39. The summed E-state index contributed by atoms with van der Waals surface area (Å²) in [6, 6.07) is 1.39. The zero-order valence-electron chi connectivity index (χ0n) is 17.8. The van der Waals surface area contributed by atoms with Crippen LogP contribution in [0.4, 0.5) is 28.0 Å². The number of urea groups is 1. The Morgan fingerprint density at radius 3 is 2.39 bits per heavy atom. The lowest BCUT2D eigenvalue weighted by atomic mass is 9.93. The van der Waals surface area contributed by atoms with Crippen molar-refractivity contribution in [2.75, 3.05) is 25.0 Å². The van der Waals surface area contributed by atoms with Crippen molar-refractivity contribution in [1.82, 2.24) is 10.2 Å². The number of alkyl halides is 3. The van der Waals surface area contributed by atoms with Gasteiger partial charge >= 0.3 is 12.2 Å². The van der Waals surface area contributed by atoms with Crippen molar-refractivity contribution in [2.24, 2.45) is 17.6 Å². The third-order valence-corrected chi connectivity index (χ3v) is 5.32. The van der Waals surface area contributed by atoms with Crippen LogP contribution in [0.1, 0.15) is 45.1 Å².